The number of nitrogens with one attached hydrogen (secondary N) is 2. The third kappa shape index (κ3) is 4.09. The predicted octanol–water partition coefficient (Wildman–Crippen LogP) is 2.96. The number of thiocarbonyl (C=S) groups is 1. The standard InChI is InChI=1S/C14H17ClN4OS/c1-3-20-13-7-5-4-6-11(13)18-14(21)16-9-12-10(15)8-17-19(12)2/h4-8H,3,9H2,1-2H3,(H2,16,18,21). The first-order chi connectivity index (χ1) is 10.1. The predicted molar refractivity (Wildman–Crippen MR) is 88.9 cm³/mol. The van der Waals surface area contributed by atoms with Crippen molar-refractivity contribution in [2.45, 2.75) is 13.5 Å². The average Bonchev–Trinajstić information content (AvgIpc) is 2.78. The number of aromatic nitrogens is 2. The summed E-state index contributed by atoms with van der Waals surface area (Å²) in [5, 5.41) is 11.4. The smallest absolute Gasteiger partial charge is 0.171 e. The molecular formula is C14H17ClN4OS. The Bertz CT molecular complexity index is 610. The molecule has 0 saturated heterocycles. The van der Waals surface area contributed by atoms with Gasteiger partial charge in [-0.15, -0.1) is 0 Å². The molecule has 0 aliphatic rings. The molecule has 0 amide bonds. The molecule has 0 radical (unpaired) electrons. The van der Waals surface area contributed by atoms with Crippen molar-refractivity contribution in [3.05, 3.63) is 41.2 Å². The molecule has 0 aliphatic heterocycles. The van der Waals surface area contributed by atoms with Crippen LogP contribution < -0.4 is 15.4 Å². The first-order valence-corrected chi connectivity index (χ1v) is 7.33. The van der Waals surface area contributed by atoms with Gasteiger partial charge in [0.15, 0.2) is 5.11 Å². The number of hydrogen-bond acceptors (Lipinski definition) is 3. The number of benzene rings is 1. The van der Waals surface area contributed by atoms with Crippen molar-refractivity contribution in [1.29, 1.82) is 0 Å². The number of rotatable bonds is 5. The summed E-state index contributed by atoms with van der Waals surface area (Å²) >= 11 is 11.3. The summed E-state index contributed by atoms with van der Waals surface area (Å²) in [5.74, 6) is 0.766. The fraction of sp³-hybridized carbons (Fsp3) is 0.286. The highest BCUT2D eigenvalue weighted by atomic mass is 35.5. The second kappa shape index (κ2) is 7.28. The third-order valence-corrected chi connectivity index (χ3v) is 3.42. The van der Waals surface area contributed by atoms with E-state index in [9.17, 15) is 0 Å². The van der Waals surface area contributed by atoms with Crippen LogP contribution in [0.3, 0.4) is 0 Å². The second-order valence-electron chi connectivity index (χ2n) is 4.30. The molecule has 1 heterocycles. The SMILES string of the molecule is CCOc1ccccc1NC(=S)NCc1c(Cl)cnn1C. The molecule has 0 atom stereocenters. The van der Waals surface area contributed by atoms with Gasteiger partial charge in [0.05, 0.1) is 35.8 Å². The minimum Gasteiger partial charge on any atom is -0.492 e. The van der Waals surface area contributed by atoms with Crippen molar-refractivity contribution < 1.29 is 4.74 Å². The molecule has 2 N–H and O–H groups in total. The Balaban J connectivity index is 1.96. The first kappa shape index (κ1) is 15.6. The van der Waals surface area contributed by atoms with Crippen molar-refractivity contribution in [2.75, 3.05) is 11.9 Å². The highest BCUT2D eigenvalue weighted by molar-refractivity contribution is 7.80. The normalized spacial score (nSPS) is 10.2. The average molecular weight is 325 g/mol. The van der Waals surface area contributed by atoms with Gasteiger partial charge in [-0.25, -0.2) is 0 Å². The lowest BCUT2D eigenvalue weighted by atomic mass is 10.3. The lowest BCUT2D eigenvalue weighted by molar-refractivity contribution is 0.342. The Morgan fingerprint density at radius 2 is 2.19 bits per heavy atom. The monoisotopic (exact) mass is 324 g/mol. The maximum atomic E-state index is 6.05. The van der Waals surface area contributed by atoms with Crippen LogP contribution in [0, 0.1) is 0 Å². The quantitative estimate of drug-likeness (QED) is 0.828. The van der Waals surface area contributed by atoms with E-state index in [1.807, 2.05) is 38.2 Å². The molecule has 1 aromatic heterocycles. The molecule has 2 aromatic rings. The van der Waals surface area contributed by atoms with Crippen LogP contribution in [0.25, 0.3) is 0 Å². The van der Waals surface area contributed by atoms with E-state index in [0.29, 0.717) is 23.3 Å². The largest absolute Gasteiger partial charge is 0.492 e. The summed E-state index contributed by atoms with van der Waals surface area (Å²) in [6.45, 7) is 3.04. The lowest BCUT2D eigenvalue weighted by Crippen LogP contribution is -2.29. The third-order valence-electron chi connectivity index (χ3n) is 2.86. The van der Waals surface area contributed by atoms with Crippen LogP contribution in [0.2, 0.25) is 5.02 Å². The molecule has 0 unspecified atom stereocenters. The highest BCUT2D eigenvalue weighted by Crippen LogP contribution is 2.23. The summed E-state index contributed by atoms with van der Waals surface area (Å²) in [6, 6.07) is 7.65. The number of aryl methyl sites for hydroxylation is 1. The van der Waals surface area contributed by atoms with E-state index >= 15 is 0 Å². The van der Waals surface area contributed by atoms with Gasteiger partial charge < -0.3 is 15.4 Å². The molecule has 0 spiro atoms. The zero-order valence-corrected chi connectivity index (χ0v) is 13.5. The second-order valence-corrected chi connectivity index (χ2v) is 5.12. The summed E-state index contributed by atoms with van der Waals surface area (Å²) in [6.07, 6.45) is 1.61. The summed E-state index contributed by atoms with van der Waals surface area (Å²) < 4.78 is 7.26. The van der Waals surface area contributed by atoms with Gasteiger partial charge in [0.25, 0.3) is 0 Å². The van der Waals surface area contributed by atoms with E-state index in [1.165, 1.54) is 0 Å². The van der Waals surface area contributed by atoms with Crippen molar-refractivity contribution >= 4 is 34.6 Å². The molecule has 112 valence electrons. The molecule has 1 aromatic carbocycles. The van der Waals surface area contributed by atoms with Gasteiger partial charge in [-0.3, -0.25) is 4.68 Å². The molecule has 0 saturated carbocycles. The Morgan fingerprint density at radius 3 is 2.86 bits per heavy atom. The maximum absolute atomic E-state index is 6.05. The maximum Gasteiger partial charge on any atom is 0.171 e. The van der Waals surface area contributed by atoms with E-state index in [0.717, 1.165) is 17.1 Å². The summed E-state index contributed by atoms with van der Waals surface area (Å²) in [5.41, 5.74) is 1.70. The molecule has 0 fully saturated rings. The molecule has 0 bridgehead atoms. The summed E-state index contributed by atoms with van der Waals surface area (Å²) in [4.78, 5) is 0. The van der Waals surface area contributed by atoms with E-state index in [4.69, 9.17) is 28.6 Å². The zero-order valence-electron chi connectivity index (χ0n) is 11.9. The van der Waals surface area contributed by atoms with Crippen LogP contribution in [-0.4, -0.2) is 21.5 Å². The molecule has 21 heavy (non-hydrogen) atoms. The van der Waals surface area contributed by atoms with Gasteiger partial charge in [-0.05, 0) is 31.3 Å². The van der Waals surface area contributed by atoms with Crippen LogP contribution in [0.4, 0.5) is 5.69 Å². The summed E-state index contributed by atoms with van der Waals surface area (Å²) in [7, 11) is 1.84. The fourth-order valence-electron chi connectivity index (χ4n) is 1.82. The van der Waals surface area contributed by atoms with Gasteiger partial charge in [0, 0.05) is 7.05 Å². The van der Waals surface area contributed by atoms with Crippen LogP contribution >= 0.6 is 23.8 Å². The minimum absolute atomic E-state index is 0.498. The van der Waals surface area contributed by atoms with Crippen molar-refractivity contribution in [1.82, 2.24) is 15.1 Å². The lowest BCUT2D eigenvalue weighted by Gasteiger charge is -2.14. The topological polar surface area (TPSA) is 51.1 Å². The van der Waals surface area contributed by atoms with Gasteiger partial charge in [0.1, 0.15) is 5.75 Å². The van der Waals surface area contributed by atoms with Gasteiger partial charge in [0.2, 0.25) is 0 Å². The van der Waals surface area contributed by atoms with Crippen LogP contribution in [0.5, 0.6) is 5.75 Å². The first-order valence-electron chi connectivity index (χ1n) is 6.55. The molecular weight excluding hydrogens is 308 g/mol. The van der Waals surface area contributed by atoms with Crippen molar-refractivity contribution in [3.63, 3.8) is 0 Å². The number of nitrogens with zero attached hydrogens (tertiary/aromatic N) is 2. The minimum atomic E-state index is 0.498. The van der Waals surface area contributed by atoms with Crippen LogP contribution in [0.15, 0.2) is 30.5 Å². The number of anilines is 1. The molecule has 0 aliphatic carbocycles. The Labute approximate surface area is 134 Å². The van der Waals surface area contributed by atoms with E-state index in [-0.39, 0.29) is 0 Å². The van der Waals surface area contributed by atoms with Gasteiger partial charge in [-0.1, -0.05) is 23.7 Å². The fourth-order valence-corrected chi connectivity index (χ4v) is 2.23. The van der Waals surface area contributed by atoms with Crippen molar-refractivity contribution in [3.8, 4) is 5.75 Å². The molecule has 5 nitrogen and oxygen atoms in total. The number of ether oxygens (including phenoxy) is 1. The van der Waals surface area contributed by atoms with Crippen LogP contribution in [0.1, 0.15) is 12.6 Å². The van der Waals surface area contributed by atoms with Gasteiger partial charge >= 0.3 is 0 Å². The number of hydrogen-bond donors (Lipinski definition) is 2. The highest BCUT2D eigenvalue weighted by Gasteiger charge is 2.08. The zero-order chi connectivity index (χ0) is 15.2. The van der Waals surface area contributed by atoms with Crippen LogP contribution in [-0.2, 0) is 13.6 Å². The Morgan fingerprint density at radius 1 is 1.43 bits per heavy atom. The Hall–Kier alpha value is -1.79. The number of para-hydroxylation sites is 2. The molecule has 2 rings (SSSR count). The molecule has 7 heteroatoms. The Kier molecular flexibility index (Phi) is 5.41. The van der Waals surface area contributed by atoms with Crippen molar-refractivity contribution in [2.24, 2.45) is 7.05 Å². The van der Waals surface area contributed by atoms with Gasteiger partial charge in [-0.2, -0.15) is 5.10 Å². The van der Waals surface area contributed by atoms with E-state index < -0.39 is 0 Å². The van der Waals surface area contributed by atoms with E-state index in [1.54, 1.807) is 10.9 Å². The van der Waals surface area contributed by atoms with E-state index in [2.05, 4.69) is 15.7 Å². The number of halogens is 1.